The molecule has 1 unspecified atom stereocenters. The number of piperidine rings is 1. The maximum Gasteiger partial charge on any atom is 0.237 e. The molecule has 2 aliphatic rings. The lowest BCUT2D eigenvalue weighted by Crippen LogP contribution is -2.41. The molecule has 2 aliphatic heterocycles. The molecule has 4 rings (SSSR count). The Morgan fingerprint density at radius 3 is 2.82 bits per heavy atom. The Morgan fingerprint density at radius 2 is 2.14 bits per heavy atom. The number of rotatable bonds is 5. The molecule has 7 heteroatoms. The molecular weight excluding hydrogens is 370 g/mol. The van der Waals surface area contributed by atoms with Crippen LogP contribution in [0.3, 0.4) is 0 Å². The van der Waals surface area contributed by atoms with Gasteiger partial charge in [-0.05, 0) is 63.9 Å². The molecule has 0 bridgehead atoms. The number of nitrogens with zero attached hydrogens (tertiary/aromatic N) is 4. The number of carbonyl (C=O) groups is 1. The molecule has 1 N–H and O–H groups in total. The van der Waals surface area contributed by atoms with Gasteiger partial charge in [-0.2, -0.15) is 0 Å². The number of hydrogen-bond acceptors (Lipinski definition) is 6. The van der Waals surface area contributed by atoms with Crippen molar-refractivity contribution in [3.63, 3.8) is 0 Å². The van der Waals surface area contributed by atoms with Gasteiger partial charge < -0.3 is 5.32 Å². The summed E-state index contributed by atoms with van der Waals surface area (Å²) >= 11 is 1.76. The highest BCUT2D eigenvalue weighted by Crippen LogP contribution is 2.43. The summed E-state index contributed by atoms with van der Waals surface area (Å²) in [6, 6.07) is 5.76. The van der Waals surface area contributed by atoms with Crippen LogP contribution in [0.5, 0.6) is 0 Å². The van der Waals surface area contributed by atoms with Crippen LogP contribution in [0.15, 0.2) is 29.9 Å². The van der Waals surface area contributed by atoms with Gasteiger partial charge in [0.15, 0.2) is 0 Å². The number of likely N-dealkylation sites (N-methyl/N-ethyl adjacent to an activating group) is 1. The van der Waals surface area contributed by atoms with Gasteiger partial charge in [-0.15, -0.1) is 11.3 Å². The Balaban J connectivity index is 1.30. The predicted molar refractivity (Wildman–Crippen MR) is 111 cm³/mol. The van der Waals surface area contributed by atoms with Crippen molar-refractivity contribution in [2.75, 3.05) is 26.7 Å². The third-order valence-corrected chi connectivity index (χ3v) is 7.26. The van der Waals surface area contributed by atoms with Crippen molar-refractivity contribution >= 4 is 17.2 Å². The van der Waals surface area contributed by atoms with Gasteiger partial charge in [0.2, 0.25) is 5.91 Å². The third-order valence-electron chi connectivity index (χ3n) is 6.34. The second-order valence-corrected chi connectivity index (χ2v) is 9.25. The monoisotopic (exact) mass is 399 g/mol. The molecule has 28 heavy (non-hydrogen) atoms. The average Bonchev–Trinajstić information content (AvgIpc) is 3.25. The molecule has 6 nitrogen and oxygen atoms in total. The first-order valence-electron chi connectivity index (χ1n) is 10.0. The molecule has 0 radical (unpaired) electrons. The van der Waals surface area contributed by atoms with Crippen LogP contribution in [-0.2, 0) is 17.9 Å². The van der Waals surface area contributed by atoms with Gasteiger partial charge in [-0.3, -0.25) is 19.6 Å². The van der Waals surface area contributed by atoms with Gasteiger partial charge in [0.25, 0.3) is 0 Å². The molecule has 0 aromatic carbocycles. The molecule has 4 heterocycles. The van der Waals surface area contributed by atoms with Crippen molar-refractivity contribution in [1.82, 2.24) is 25.1 Å². The Kier molecular flexibility index (Phi) is 5.75. The van der Waals surface area contributed by atoms with Crippen LogP contribution >= 0.6 is 11.3 Å². The quantitative estimate of drug-likeness (QED) is 0.837. The Hall–Kier alpha value is -1.83. The Morgan fingerprint density at radius 1 is 1.32 bits per heavy atom. The maximum absolute atomic E-state index is 12.8. The number of amides is 1. The number of nitrogens with one attached hydrogen (secondary N) is 1. The van der Waals surface area contributed by atoms with Crippen molar-refractivity contribution < 1.29 is 4.79 Å². The normalized spacial score (nSPS) is 22.6. The fourth-order valence-electron chi connectivity index (χ4n) is 4.59. The van der Waals surface area contributed by atoms with E-state index < -0.39 is 0 Å². The largest absolute Gasteiger partial charge is 0.349 e. The van der Waals surface area contributed by atoms with Crippen LogP contribution < -0.4 is 5.32 Å². The zero-order valence-electron chi connectivity index (χ0n) is 16.7. The van der Waals surface area contributed by atoms with Crippen LogP contribution in [0.4, 0.5) is 0 Å². The molecule has 2 saturated heterocycles. The number of hydrogen-bond donors (Lipinski definition) is 1. The summed E-state index contributed by atoms with van der Waals surface area (Å²) in [5, 5.41) is 3.08. The van der Waals surface area contributed by atoms with Gasteiger partial charge in [-0.1, -0.05) is 6.07 Å². The highest BCUT2D eigenvalue weighted by atomic mass is 32.1. The van der Waals surface area contributed by atoms with E-state index in [2.05, 4.69) is 39.1 Å². The summed E-state index contributed by atoms with van der Waals surface area (Å²) in [6.07, 6.45) is 5.06. The third kappa shape index (κ3) is 4.26. The number of aryl methyl sites for hydroxylation is 1. The molecule has 2 aromatic rings. The standard InChI is InChI=1S/C21H29N5OS/c1-16-19(28-15-24-16)13-26-9-6-21(7-10-26)11-18(25(2)14-21)20(27)23-12-17-5-3-4-8-22-17/h3-5,8,15,18H,6-7,9-14H2,1-2H3,(H,23,27). The number of carbonyl (C=O) groups excluding carboxylic acids is 1. The first kappa shape index (κ1) is 19.5. The Labute approximate surface area is 171 Å². The van der Waals surface area contributed by atoms with E-state index in [4.69, 9.17) is 0 Å². The van der Waals surface area contributed by atoms with E-state index >= 15 is 0 Å². The van der Waals surface area contributed by atoms with Gasteiger partial charge >= 0.3 is 0 Å². The minimum Gasteiger partial charge on any atom is -0.349 e. The summed E-state index contributed by atoms with van der Waals surface area (Å²) in [6.45, 7) is 6.83. The number of likely N-dealkylation sites (tertiary alicyclic amines) is 2. The second-order valence-electron chi connectivity index (χ2n) is 8.31. The maximum atomic E-state index is 12.8. The minimum absolute atomic E-state index is 0.0287. The van der Waals surface area contributed by atoms with Crippen molar-refractivity contribution in [1.29, 1.82) is 0 Å². The average molecular weight is 400 g/mol. The van der Waals surface area contributed by atoms with E-state index in [0.29, 0.717) is 6.54 Å². The summed E-state index contributed by atoms with van der Waals surface area (Å²) in [4.78, 5) is 27.6. The van der Waals surface area contributed by atoms with E-state index in [0.717, 1.165) is 44.0 Å². The molecule has 2 fully saturated rings. The van der Waals surface area contributed by atoms with E-state index in [1.54, 1.807) is 17.5 Å². The van der Waals surface area contributed by atoms with E-state index in [9.17, 15) is 4.79 Å². The molecule has 1 atom stereocenters. The molecule has 0 saturated carbocycles. The lowest BCUT2D eigenvalue weighted by atomic mass is 9.76. The van der Waals surface area contributed by atoms with Gasteiger partial charge in [0.1, 0.15) is 0 Å². The van der Waals surface area contributed by atoms with E-state index in [-0.39, 0.29) is 17.4 Å². The first-order chi connectivity index (χ1) is 13.5. The fourth-order valence-corrected chi connectivity index (χ4v) is 5.41. The summed E-state index contributed by atoms with van der Waals surface area (Å²) in [5.74, 6) is 0.132. The molecule has 1 amide bonds. The summed E-state index contributed by atoms with van der Waals surface area (Å²) in [7, 11) is 2.09. The van der Waals surface area contributed by atoms with Gasteiger partial charge in [-0.25, -0.2) is 4.98 Å². The molecular formula is C21H29N5OS. The number of aromatic nitrogens is 2. The zero-order valence-corrected chi connectivity index (χ0v) is 17.5. The van der Waals surface area contributed by atoms with Crippen LogP contribution in [0, 0.1) is 12.3 Å². The predicted octanol–water partition coefficient (Wildman–Crippen LogP) is 2.45. The van der Waals surface area contributed by atoms with E-state index in [1.807, 2.05) is 23.7 Å². The summed E-state index contributed by atoms with van der Waals surface area (Å²) < 4.78 is 0. The highest BCUT2D eigenvalue weighted by molar-refractivity contribution is 7.09. The fraction of sp³-hybridized carbons (Fsp3) is 0.571. The van der Waals surface area contributed by atoms with E-state index in [1.165, 1.54) is 17.7 Å². The molecule has 150 valence electrons. The van der Waals surface area contributed by atoms with Crippen molar-refractivity contribution in [3.8, 4) is 0 Å². The van der Waals surface area contributed by atoms with Crippen molar-refractivity contribution in [3.05, 3.63) is 46.2 Å². The van der Waals surface area contributed by atoms with Crippen LogP contribution in [0.1, 0.15) is 35.5 Å². The SMILES string of the molecule is Cc1ncsc1CN1CCC2(CC1)CC(C(=O)NCc1ccccn1)N(C)C2. The van der Waals surface area contributed by atoms with Gasteiger partial charge in [0.05, 0.1) is 29.5 Å². The number of pyridine rings is 1. The summed E-state index contributed by atoms with van der Waals surface area (Å²) in [5.41, 5.74) is 4.28. The van der Waals surface area contributed by atoms with Crippen molar-refractivity contribution in [2.45, 2.75) is 45.3 Å². The van der Waals surface area contributed by atoms with Crippen molar-refractivity contribution in [2.24, 2.45) is 5.41 Å². The lowest BCUT2D eigenvalue weighted by Gasteiger charge is -2.39. The van der Waals surface area contributed by atoms with Gasteiger partial charge in [0, 0.05) is 24.2 Å². The first-order valence-corrected chi connectivity index (χ1v) is 10.9. The van der Waals surface area contributed by atoms with Crippen LogP contribution in [-0.4, -0.2) is 58.4 Å². The topological polar surface area (TPSA) is 61.4 Å². The Bertz CT molecular complexity index is 800. The highest BCUT2D eigenvalue weighted by Gasteiger charge is 2.46. The number of thiazole rings is 1. The second kappa shape index (κ2) is 8.27. The zero-order chi connectivity index (χ0) is 19.6. The smallest absolute Gasteiger partial charge is 0.237 e. The van der Waals surface area contributed by atoms with Crippen LogP contribution in [0.25, 0.3) is 0 Å². The molecule has 2 aromatic heterocycles. The van der Waals surface area contributed by atoms with Crippen LogP contribution in [0.2, 0.25) is 0 Å². The molecule has 0 aliphatic carbocycles. The lowest BCUT2D eigenvalue weighted by molar-refractivity contribution is -0.125. The molecule has 1 spiro atoms. The minimum atomic E-state index is -0.0287.